The third kappa shape index (κ3) is 10.7. The number of benzene rings is 1. The van der Waals surface area contributed by atoms with Crippen LogP contribution >= 0.6 is 0 Å². The molecule has 5 heteroatoms. The van der Waals surface area contributed by atoms with Crippen molar-refractivity contribution in [2.75, 3.05) is 19.8 Å². The molecule has 0 amide bonds. The zero-order chi connectivity index (χ0) is 26.3. The van der Waals surface area contributed by atoms with Gasteiger partial charge < -0.3 is 14.6 Å². The van der Waals surface area contributed by atoms with Crippen LogP contribution in [0.3, 0.4) is 0 Å². The highest BCUT2D eigenvalue weighted by atomic mass is 16.5. The SMILES string of the molecule is C=C(C)C(=O)OCCC(CCOC(=O)C(=C)CO)CC1CCC(c2ccc(CCCCC)cc2)CC1. The molecule has 2 rings (SSSR count). The zero-order valence-electron chi connectivity index (χ0n) is 22.4. The number of esters is 2. The molecule has 0 spiro atoms. The van der Waals surface area contributed by atoms with Gasteiger partial charge in [0.1, 0.15) is 0 Å². The molecule has 0 bridgehead atoms. The Balaban J connectivity index is 1.84. The Morgan fingerprint density at radius 2 is 1.58 bits per heavy atom. The van der Waals surface area contributed by atoms with Gasteiger partial charge in [0, 0.05) is 5.57 Å². The second kappa shape index (κ2) is 16.4. The van der Waals surface area contributed by atoms with Crippen LogP contribution in [0.5, 0.6) is 0 Å². The van der Waals surface area contributed by atoms with Crippen LogP contribution < -0.4 is 0 Å². The van der Waals surface area contributed by atoms with Crippen LogP contribution in [0, 0.1) is 11.8 Å². The average molecular weight is 499 g/mol. The Morgan fingerprint density at radius 1 is 0.972 bits per heavy atom. The van der Waals surface area contributed by atoms with E-state index in [2.05, 4.69) is 44.3 Å². The lowest BCUT2D eigenvalue weighted by Gasteiger charge is -2.31. The second-order valence-electron chi connectivity index (χ2n) is 10.4. The van der Waals surface area contributed by atoms with Crippen molar-refractivity contribution in [1.29, 1.82) is 0 Å². The van der Waals surface area contributed by atoms with Crippen molar-refractivity contribution in [3.63, 3.8) is 0 Å². The highest BCUT2D eigenvalue weighted by Gasteiger charge is 2.25. The summed E-state index contributed by atoms with van der Waals surface area (Å²) in [6.07, 6.45) is 12.2. The lowest BCUT2D eigenvalue weighted by molar-refractivity contribution is -0.139. The van der Waals surface area contributed by atoms with Crippen molar-refractivity contribution < 1.29 is 24.2 Å². The van der Waals surface area contributed by atoms with Gasteiger partial charge in [-0.25, -0.2) is 9.59 Å². The lowest BCUT2D eigenvalue weighted by Crippen LogP contribution is -2.20. The predicted octanol–water partition coefficient (Wildman–Crippen LogP) is 6.69. The summed E-state index contributed by atoms with van der Waals surface area (Å²) in [7, 11) is 0. The Labute approximate surface area is 218 Å². The summed E-state index contributed by atoms with van der Waals surface area (Å²) < 4.78 is 10.6. The first-order chi connectivity index (χ1) is 17.3. The largest absolute Gasteiger partial charge is 0.462 e. The second-order valence-corrected chi connectivity index (χ2v) is 10.4. The molecule has 5 nitrogen and oxygen atoms in total. The number of hydrogen-bond donors (Lipinski definition) is 1. The summed E-state index contributed by atoms with van der Waals surface area (Å²) in [5, 5.41) is 9.05. The Kier molecular flexibility index (Phi) is 13.6. The molecule has 1 N–H and O–H groups in total. The van der Waals surface area contributed by atoms with Gasteiger partial charge in [-0.3, -0.25) is 0 Å². The van der Waals surface area contributed by atoms with Crippen LogP contribution in [-0.4, -0.2) is 36.9 Å². The Bertz CT molecular complexity index is 833. The summed E-state index contributed by atoms with van der Waals surface area (Å²) in [4.78, 5) is 23.6. The van der Waals surface area contributed by atoms with Crippen molar-refractivity contribution in [3.8, 4) is 0 Å². The molecule has 1 saturated carbocycles. The third-order valence-electron chi connectivity index (χ3n) is 7.38. The Morgan fingerprint density at radius 3 is 2.14 bits per heavy atom. The molecule has 1 atom stereocenters. The molecule has 0 aliphatic heterocycles. The molecule has 0 heterocycles. The summed E-state index contributed by atoms with van der Waals surface area (Å²) >= 11 is 0. The van der Waals surface area contributed by atoms with Crippen molar-refractivity contribution in [2.45, 2.75) is 90.4 Å². The first kappa shape index (κ1) is 29.8. The van der Waals surface area contributed by atoms with Gasteiger partial charge in [0.05, 0.1) is 25.4 Å². The molecule has 1 aliphatic rings. The number of rotatable bonds is 16. The minimum absolute atomic E-state index is 0.0641. The number of aliphatic hydroxyl groups is 1. The molecule has 1 unspecified atom stereocenters. The Hall–Kier alpha value is -2.40. The van der Waals surface area contributed by atoms with Gasteiger partial charge in [-0.15, -0.1) is 0 Å². The molecule has 1 aromatic carbocycles. The maximum Gasteiger partial charge on any atom is 0.335 e. The summed E-state index contributed by atoms with van der Waals surface area (Å²) in [6.45, 7) is 11.2. The van der Waals surface area contributed by atoms with Crippen LogP contribution in [0.1, 0.15) is 95.1 Å². The van der Waals surface area contributed by atoms with E-state index in [4.69, 9.17) is 14.6 Å². The highest BCUT2D eigenvalue weighted by molar-refractivity contribution is 5.88. The number of unbranched alkanes of at least 4 members (excludes halogenated alkanes) is 2. The van der Waals surface area contributed by atoms with Crippen LogP contribution in [0.4, 0.5) is 0 Å². The predicted molar refractivity (Wildman–Crippen MR) is 145 cm³/mol. The maximum atomic E-state index is 11.8. The number of aliphatic hydroxyl groups excluding tert-OH is 1. The van der Waals surface area contributed by atoms with E-state index in [1.54, 1.807) is 6.92 Å². The number of hydrogen-bond acceptors (Lipinski definition) is 5. The van der Waals surface area contributed by atoms with Crippen LogP contribution in [-0.2, 0) is 25.5 Å². The molecular formula is C31H46O5. The van der Waals surface area contributed by atoms with E-state index in [1.807, 2.05) is 0 Å². The fourth-order valence-corrected chi connectivity index (χ4v) is 5.04. The van der Waals surface area contributed by atoms with Gasteiger partial charge in [-0.05, 0) is 93.6 Å². The molecule has 0 saturated heterocycles. The van der Waals surface area contributed by atoms with E-state index < -0.39 is 12.6 Å². The van der Waals surface area contributed by atoms with Gasteiger partial charge in [0.15, 0.2) is 0 Å². The van der Waals surface area contributed by atoms with E-state index >= 15 is 0 Å². The molecule has 36 heavy (non-hydrogen) atoms. The van der Waals surface area contributed by atoms with E-state index in [0.717, 1.165) is 12.8 Å². The normalized spacial score (nSPS) is 18.3. The highest BCUT2D eigenvalue weighted by Crippen LogP contribution is 2.39. The lowest BCUT2D eigenvalue weighted by atomic mass is 9.75. The fourth-order valence-electron chi connectivity index (χ4n) is 5.04. The van der Waals surface area contributed by atoms with E-state index in [0.29, 0.717) is 36.4 Å². The summed E-state index contributed by atoms with van der Waals surface area (Å²) in [5.74, 6) is 0.631. The molecule has 1 aromatic rings. The fraction of sp³-hybridized carbons (Fsp3) is 0.613. The van der Waals surface area contributed by atoms with Gasteiger partial charge in [0.25, 0.3) is 0 Å². The molecule has 200 valence electrons. The molecular weight excluding hydrogens is 452 g/mol. The van der Waals surface area contributed by atoms with Crippen molar-refractivity contribution in [1.82, 2.24) is 0 Å². The van der Waals surface area contributed by atoms with Gasteiger partial charge >= 0.3 is 11.9 Å². The van der Waals surface area contributed by atoms with Crippen LogP contribution in [0.25, 0.3) is 0 Å². The standard InChI is InChI=1S/C31H46O5/c1-5-6-7-8-25-9-13-28(14-10-25)29-15-11-26(12-16-29)21-27(17-19-35-30(33)23(2)3)18-20-36-31(34)24(4)22-32/h9-10,13-14,26-27,29,32H,2,4-8,11-12,15-22H2,1,3H3. The van der Waals surface area contributed by atoms with E-state index in [-0.39, 0.29) is 18.1 Å². The number of carbonyl (C=O) groups excluding carboxylic acids is 2. The minimum atomic E-state index is -0.554. The quantitative estimate of drug-likeness (QED) is 0.156. The molecule has 0 aromatic heterocycles. The van der Waals surface area contributed by atoms with E-state index in [1.165, 1.54) is 62.5 Å². The molecule has 1 aliphatic carbocycles. The topological polar surface area (TPSA) is 72.8 Å². The van der Waals surface area contributed by atoms with E-state index in [9.17, 15) is 9.59 Å². The van der Waals surface area contributed by atoms with Gasteiger partial charge in [-0.1, -0.05) is 57.2 Å². The molecule has 0 radical (unpaired) electrons. The minimum Gasteiger partial charge on any atom is -0.462 e. The first-order valence-corrected chi connectivity index (χ1v) is 13.7. The maximum absolute atomic E-state index is 11.8. The van der Waals surface area contributed by atoms with Crippen LogP contribution in [0.15, 0.2) is 48.6 Å². The van der Waals surface area contributed by atoms with Crippen molar-refractivity contribution in [3.05, 3.63) is 59.7 Å². The first-order valence-electron chi connectivity index (χ1n) is 13.7. The number of aryl methyl sites for hydroxylation is 1. The third-order valence-corrected chi connectivity index (χ3v) is 7.38. The average Bonchev–Trinajstić information content (AvgIpc) is 2.88. The molecule has 1 fully saturated rings. The van der Waals surface area contributed by atoms with Gasteiger partial charge in [-0.2, -0.15) is 0 Å². The summed E-state index contributed by atoms with van der Waals surface area (Å²) in [6, 6.07) is 9.29. The summed E-state index contributed by atoms with van der Waals surface area (Å²) in [5.41, 5.74) is 3.37. The van der Waals surface area contributed by atoms with Crippen molar-refractivity contribution in [2.24, 2.45) is 11.8 Å². The zero-order valence-corrected chi connectivity index (χ0v) is 22.4. The smallest absolute Gasteiger partial charge is 0.335 e. The van der Waals surface area contributed by atoms with Crippen molar-refractivity contribution >= 4 is 11.9 Å². The number of ether oxygens (including phenoxy) is 2. The van der Waals surface area contributed by atoms with Gasteiger partial charge in [0.2, 0.25) is 0 Å². The van der Waals surface area contributed by atoms with Crippen LogP contribution in [0.2, 0.25) is 0 Å². The number of carbonyl (C=O) groups is 2. The monoisotopic (exact) mass is 498 g/mol.